The quantitative estimate of drug-likeness (QED) is 0.343. The van der Waals surface area contributed by atoms with Gasteiger partial charge in [-0.2, -0.15) is 5.01 Å². The molecule has 0 N–H and O–H groups in total. The van der Waals surface area contributed by atoms with Crippen molar-refractivity contribution in [3.63, 3.8) is 0 Å². The Bertz CT molecular complexity index is 1240. The summed E-state index contributed by atoms with van der Waals surface area (Å²) in [5.74, 6) is -1.79. The van der Waals surface area contributed by atoms with Gasteiger partial charge in [-0.05, 0) is 48.6 Å². The fourth-order valence-electron chi connectivity index (χ4n) is 6.55. The van der Waals surface area contributed by atoms with Gasteiger partial charge in [-0.1, -0.05) is 73.1 Å². The predicted molar refractivity (Wildman–Crippen MR) is 129 cm³/mol. The van der Waals surface area contributed by atoms with Crippen molar-refractivity contribution >= 4 is 35.1 Å². The zero-order chi connectivity index (χ0) is 24.4. The van der Waals surface area contributed by atoms with Crippen LogP contribution < -0.4 is 0 Å². The highest BCUT2D eigenvalue weighted by molar-refractivity contribution is 6.34. The molecule has 3 amide bonds. The Labute approximate surface area is 208 Å². The van der Waals surface area contributed by atoms with Crippen LogP contribution in [0.2, 0.25) is 5.02 Å². The number of imide groups is 1. The first-order valence-corrected chi connectivity index (χ1v) is 12.5. The molecule has 0 unspecified atom stereocenters. The normalized spacial score (nSPS) is 30.6. The molecule has 0 spiro atoms. The molecule has 6 nitrogen and oxygen atoms in total. The largest absolute Gasteiger partial charge is 0.292 e. The lowest BCUT2D eigenvalue weighted by molar-refractivity contribution is -0.157. The van der Waals surface area contributed by atoms with Crippen molar-refractivity contribution in [3.05, 3.63) is 82.9 Å². The molecule has 7 rings (SSSR count). The number of benzene rings is 2. The van der Waals surface area contributed by atoms with Crippen LogP contribution in [0, 0.1) is 35.5 Å². The third kappa shape index (κ3) is 3.23. The van der Waals surface area contributed by atoms with Crippen molar-refractivity contribution in [1.82, 2.24) is 10.0 Å². The summed E-state index contributed by atoms with van der Waals surface area (Å²) in [6.45, 7) is 1.77. The van der Waals surface area contributed by atoms with Gasteiger partial charge in [-0.15, -0.1) is 0 Å². The molecule has 2 aromatic rings. The number of Topliss-reactive ketones (excluding diaryl/α,β-unsaturated/α-hetero) is 1. The fourth-order valence-corrected chi connectivity index (χ4v) is 6.76. The molecule has 5 aliphatic rings. The molecule has 7 atom stereocenters. The summed E-state index contributed by atoms with van der Waals surface area (Å²) in [7, 11) is 0. The molecule has 2 aromatic carbocycles. The summed E-state index contributed by atoms with van der Waals surface area (Å²) >= 11 is 6.36. The second-order valence-electron chi connectivity index (χ2n) is 9.93. The van der Waals surface area contributed by atoms with Gasteiger partial charge in [-0.25, -0.2) is 5.01 Å². The number of hydrogen-bond donors (Lipinski definition) is 0. The van der Waals surface area contributed by atoms with Crippen LogP contribution in [0.15, 0.2) is 66.7 Å². The fraction of sp³-hybridized carbons (Fsp3) is 0.357. The molecule has 0 radical (unpaired) electrons. The molecule has 4 aliphatic carbocycles. The summed E-state index contributed by atoms with van der Waals surface area (Å²) < 4.78 is 0. The molecule has 178 valence electrons. The molecule has 1 saturated heterocycles. The number of hydrogen-bond acceptors (Lipinski definition) is 4. The predicted octanol–water partition coefficient (Wildman–Crippen LogP) is 4.41. The van der Waals surface area contributed by atoms with Crippen molar-refractivity contribution in [3.8, 4) is 0 Å². The third-order valence-electron chi connectivity index (χ3n) is 8.21. The number of ketones is 1. The molecule has 7 heteroatoms. The van der Waals surface area contributed by atoms with Crippen molar-refractivity contribution in [2.45, 2.75) is 25.8 Å². The molecule has 1 aliphatic heterocycles. The van der Waals surface area contributed by atoms with E-state index in [0.29, 0.717) is 17.4 Å². The molecular formula is C28H25ClN2O4. The summed E-state index contributed by atoms with van der Waals surface area (Å²) in [5, 5.41) is 2.29. The molecular weight excluding hydrogens is 464 g/mol. The van der Waals surface area contributed by atoms with Gasteiger partial charge < -0.3 is 0 Å². The van der Waals surface area contributed by atoms with Gasteiger partial charge >= 0.3 is 0 Å². The van der Waals surface area contributed by atoms with E-state index in [0.717, 1.165) is 16.4 Å². The molecule has 0 aromatic heterocycles. The van der Waals surface area contributed by atoms with E-state index in [9.17, 15) is 19.2 Å². The van der Waals surface area contributed by atoms with Crippen molar-refractivity contribution in [1.29, 1.82) is 0 Å². The minimum Gasteiger partial charge on any atom is -0.292 e. The number of hydrazine groups is 1. The first kappa shape index (κ1) is 22.2. The zero-order valence-corrected chi connectivity index (χ0v) is 20.0. The average molecular weight is 489 g/mol. The highest BCUT2D eigenvalue weighted by Crippen LogP contribution is 2.65. The van der Waals surface area contributed by atoms with Gasteiger partial charge in [0.1, 0.15) is 6.04 Å². The minimum absolute atomic E-state index is 0.0126. The summed E-state index contributed by atoms with van der Waals surface area (Å²) in [6, 6.07) is 14.1. The maximum Gasteiger partial charge on any atom is 0.275 e. The van der Waals surface area contributed by atoms with Crippen LogP contribution in [0.25, 0.3) is 0 Å². The topological polar surface area (TPSA) is 74.8 Å². The van der Waals surface area contributed by atoms with E-state index in [1.54, 1.807) is 61.5 Å². The molecule has 2 bridgehead atoms. The first-order chi connectivity index (χ1) is 16.9. The molecule has 1 heterocycles. The lowest BCUT2D eigenvalue weighted by Crippen LogP contribution is -2.57. The van der Waals surface area contributed by atoms with Crippen LogP contribution in [0.5, 0.6) is 0 Å². The number of nitrogens with zero attached hydrogens (tertiary/aromatic N) is 2. The maximum absolute atomic E-state index is 14.0. The van der Waals surface area contributed by atoms with Crippen LogP contribution in [0.3, 0.4) is 0 Å². The standard InChI is InChI=1S/C28H25ClN2O4/c1-2-22(25(32)15-8-4-3-5-9-15)30(26(33)18-10-6-7-11-21(18)29)31-27(34)23-16-12-13-17(20-14-19(16)20)24(23)28(31)35/h3-13,16-17,19-20,22-24H,2,14H2,1H3/t16-,17-,19-,20-,22+,23-,24+/m0/s1. The Balaban J connectivity index is 1.44. The van der Waals surface area contributed by atoms with Crippen LogP contribution in [0.1, 0.15) is 40.5 Å². The highest BCUT2D eigenvalue weighted by Gasteiger charge is 2.68. The van der Waals surface area contributed by atoms with Crippen LogP contribution in [-0.4, -0.2) is 39.6 Å². The Morgan fingerprint density at radius 2 is 1.51 bits per heavy atom. The SMILES string of the molecule is CC[C@H](C(=O)c1ccccc1)N(C(=O)c1ccccc1Cl)N1C(=O)[C@@H]2[C@H]3C=C[C@@H]([C@@H]4C[C@@H]34)[C@@H]2C1=O. The van der Waals surface area contributed by atoms with E-state index in [2.05, 4.69) is 12.2 Å². The van der Waals surface area contributed by atoms with E-state index >= 15 is 0 Å². The van der Waals surface area contributed by atoms with Crippen molar-refractivity contribution in [2.24, 2.45) is 35.5 Å². The van der Waals surface area contributed by atoms with E-state index in [-0.39, 0.29) is 46.4 Å². The number of rotatable bonds is 6. The minimum atomic E-state index is -1.03. The average Bonchev–Trinajstić information content (AvgIpc) is 3.66. The third-order valence-corrected chi connectivity index (χ3v) is 8.54. The Hall–Kier alpha value is -3.25. The lowest BCUT2D eigenvalue weighted by atomic mass is 9.63. The summed E-state index contributed by atoms with van der Waals surface area (Å²) in [4.78, 5) is 55.4. The monoisotopic (exact) mass is 488 g/mol. The highest BCUT2D eigenvalue weighted by atomic mass is 35.5. The van der Waals surface area contributed by atoms with Crippen LogP contribution in [0.4, 0.5) is 0 Å². The van der Waals surface area contributed by atoms with Gasteiger partial charge in [0, 0.05) is 5.56 Å². The second-order valence-corrected chi connectivity index (χ2v) is 10.3. The Kier molecular flexibility index (Phi) is 5.18. The van der Waals surface area contributed by atoms with Crippen LogP contribution in [-0.2, 0) is 9.59 Å². The Morgan fingerprint density at radius 3 is 2.09 bits per heavy atom. The summed E-state index contributed by atoms with van der Waals surface area (Å²) in [6.07, 6.45) is 5.44. The molecule has 35 heavy (non-hydrogen) atoms. The van der Waals surface area contributed by atoms with Crippen molar-refractivity contribution in [2.75, 3.05) is 0 Å². The number of carbonyl (C=O) groups is 4. The lowest BCUT2D eigenvalue weighted by Gasteiger charge is -2.37. The number of allylic oxidation sites excluding steroid dienone is 2. The summed E-state index contributed by atoms with van der Waals surface area (Å²) in [5.41, 5.74) is 0.559. The molecule has 3 fully saturated rings. The number of amides is 3. The smallest absolute Gasteiger partial charge is 0.275 e. The van der Waals surface area contributed by atoms with Crippen LogP contribution >= 0.6 is 11.6 Å². The number of halogens is 1. The number of carbonyl (C=O) groups excluding carboxylic acids is 4. The first-order valence-electron chi connectivity index (χ1n) is 12.2. The van der Waals surface area contributed by atoms with Gasteiger partial charge in [0.15, 0.2) is 5.78 Å². The maximum atomic E-state index is 14.0. The van der Waals surface area contributed by atoms with Gasteiger partial charge in [0.2, 0.25) is 0 Å². The molecule has 2 saturated carbocycles. The van der Waals surface area contributed by atoms with E-state index in [1.165, 1.54) is 0 Å². The van der Waals surface area contributed by atoms with Gasteiger partial charge in [-0.3, -0.25) is 19.2 Å². The van der Waals surface area contributed by atoms with E-state index in [1.807, 2.05) is 0 Å². The second kappa shape index (κ2) is 8.16. The van der Waals surface area contributed by atoms with Gasteiger partial charge in [0.05, 0.1) is 22.4 Å². The van der Waals surface area contributed by atoms with Crippen molar-refractivity contribution < 1.29 is 19.2 Å². The zero-order valence-electron chi connectivity index (χ0n) is 19.2. The van der Waals surface area contributed by atoms with E-state index < -0.39 is 23.8 Å². The Morgan fingerprint density at radius 1 is 0.943 bits per heavy atom. The van der Waals surface area contributed by atoms with E-state index in [4.69, 9.17) is 11.6 Å². The van der Waals surface area contributed by atoms with Gasteiger partial charge in [0.25, 0.3) is 17.7 Å².